The Hall–Kier alpha value is -3.37. The Balaban J connectivity index is 1.51. The number of carbonyl (C=O) groups excluding carboxylic acids is 1. The fourth-order valence-electron chi connectivity index (χ4n) is 3.05. The summed E-state index contributed by atoms with van der Waals surface area (Å²) in [4.78, 5) is 17.0. The number of nitrogens with zero attached hydrogens (tertiary/aromatic N) is 1. The molecule has 3 aromatic carbocycles. The number of rotatable bonds is 6. The first kappa shape index (κ1) is 19.0. The van der Waals surface area contributed by atoms with Gasteiger partial charge in [0.15, 0.2) is 6.61 Å². The lowest BCUT2D eigenvalue weighted by molar-refractivity contribution is -0.123. The quantitative estimate of drug-likeness (QED) is 0.479. The molecule has 1 aromatic heterocycles. The van der Waals surface area contributed by atoms with Crippen molar-refractivity contribution < 1.29 is 9.53 Å². The second-order valence-electron chi connectivity index (χ2n) is 6.55. The Morgan fingerprint density at radius 2 is 1.66 bits per heavy atom. The van der Waals surface area contributed by atoms with Gasteiger partial charge in [-0.1, -0.05) is 72.3 Å². The van der Waals surface area contributed by atoms with Gasteiger partial charge >= 0.3 is 0 Å². The fourth-order valence-corrected chi connectivity index (χ4v) is 3.25. The first-order valence-electron chi connectivity index (χ1n) is 9.29. The van der Waals surface area contributed by atoms with Gasteiger partial charge < -0.3 is 10.1 Å². The molecule has 0 fully saturated rings. The highest BCUT2D eigenvalue weighted by molar-refractivity contribution is 6.31. The number of fused-ring (bicyclic) bond motifs is 1. The zero-order chi connectivity index (χ0) is 20.1. The second kappa shape index (κ2) is 8.76. The number of benzene rings is 3. The largest absolute Gasteiger partial charge is 0.483 e. The second-order valence-corrected chi connectivity index (χ2v) is 6.95. The fraction of sp³-hybridized carbons (Fsp3) is 0.0833. The Bertz CT molecular complexity index is 1150. The maximum atomic E-state index is 12.3. The molecular formula is C24H19ClN2O2. The van der Waals surface area contributed by atoms with E-state index in [0.717, 1.165) is 27.7 Å². The lowest BCUT2D eigenvalue weighted by Crippen LogP contribution is -2.28. The van der Waals surface area contributed by atoms with Crippen LogP contribution in [0.15, 0.2) is 84.9 Å². The molecule has 0 spiro atoms. The van der Waals surface area contributed by atoms with Gasteiger partial charge in [-0.3, -0.25) is 4.79 Å². The van der Waals surface area contributed by atoms with Crippen molar-refractivity contribution in [3.8, 4) is 17.0 Å². The number of ether oxygens (including phenoxy) is 1. The summed E-state index contributed by atoms with van der Waals surface area (Å²) in [6, 6.07) is 26.9. The van der Waals surface area contributed by atoms with Gasteiger partial charge in [-0.25, -0.2) is 4.98 Å². The number of aromatic nitrogens is 1. The van der Waals surface area contributed by atoms with Crippen LogP contribution in [0.4, 0.5) is 0 Å². The molecule has 0 saturated carbocycles. The molecule has 144 valence electrons. The minimum absolute atomic E-state index is 0.0906. The first-order valence-corrected chi connectivity index (χ1v) is 9.66. The summed E-state index contributed by atoms with van der Waals surface area (Å²) in [5.74, 6) is 0.412. The number of nitrogens with one attached hydrogen (secondary N) is 1. The van der Waals surface area contributed by atoms with Crippen molar-refractivity contribution in [3.63, 3.8) is 0 Å². The maximum absolute atomic E-state index is 12.3. The van der Waals surface area contributed by atoms with Gasteiger partial charge in [-0.15, -0.1) is 0 Å². The molecule has 1 N–H and O–H groups in total. The van der Waals surface area contributed by atoms with Crippen LogP contribution in [0.1, 0.15) is 5.56 Å². The van der Waals surface area contributed by atoms with E-state index >= 15 is 0 Å². The number of halogens is 1. The molecule has 5 heteroatoms. The molecule has 0 saturated heterocycles. The monoisotopic (exact) mass is 402 g/mol. The number of hydrogen-bond donors (Lipinski definition) is 1. The topological polar surface area (TPSA) is 51.2 Å². The molecule has 0 aliphatic heterocycles. The third-order valence-corrected chi connectivity index (χ3v) is 4.91. The average Bonchev–Trinajstić information content (AvgIpc) is 2.77. The van der Waals surface area contributed by atoms with Crippen LogP contribution in [0.5, 0.6) is 5.75 Å². The van der Waals surface area contributed by atoms with E-state index in [2.05, 4.69) is 5.32 Å². The van der Waals surface area contributed by atoms with E-state index < -0.39 is 0 Å². The first-order chi connectivity index (χ1) is 14.2. The van der Waals surface area contributed by atoms with Crippen molar-refractivity contribution in [2.24, 2.45) is 0 Å². The molecule has 0 radical (unpaired) electrons. The molecule has 4 aromatic rings. The Kier molecular flexibility index (Phi) is 5.73. The summed E-state index contributed by atoms with van der Waals surface area (Å²) in [6.45, 7) is 0.265. The molecule has 4 nitrogen and oxygen atoms in total. The minimum atomic E-state index is -0.216. The molecule has 4 rings (SSSR count). The van der Waals surface area contributed by atoms with Crippen LogP contribution < -0.4 is 10.1 Å². The lowest BCUT2D eigenvalue weighted by atomic mass is 10.1. The number of carbonyl (C=O) groups is 1. The SMILES string of the molecule is O=C(COc1cc(-c2ccccc2)nc2ccccc12)NCc1ccccc1Cl. The van der Waals surface area contributed by atoms with Gasteiger partial charge in [0, 0.05) is 28.6 Å². The predicted molar refractivity (Wildman–Crippen MR) is 116 cm³/mol. The summed E-state index contributed by atoms with van der Waals surface area (Å²) in [5, 5.41) is 4.33. The summed E-state index contributed by atoms with van der Waals surface area (Å²) in [6.07, 6.45) is 0. The standard InChI is InChI=1S/C24H19ClN2O2/c25-20-12-6-4-10-18(20)15-26-24(28)16-29-23-14-22(17-8-2-1-3-9-17)27-21-13-7-5-11-19(21)23/h1-14H,15-16H2,(H,26,28). The Morgan fingerprint density at radius 3 is 2.48 bits per heavy atom. The van der Waals surface area contributed by atoms with E-state index in [4.69, 9.17) is 21.3 Å². The van der Waals surface area contributed by atoms with Gasteiger partial charge in [0.2, 0.25) is 0 Å². The van der Waals surface area contributed by atoms with Crippen molar-refractivity contribution in [1.82, 2.24) is 10.3 Å². The summed E-state index contributed by atoms with van der Waals surface area (Å²) in [7, 11) is 0. The highest BCUT2D eigenvalue weighted by atomic mass is 35.5. The molecule has 0 atom stereocenters. The summed E-state index contributed by atoms with van der Waals surface area (Å²) >= 11 is 6.13. The van der Waals surface area contributed by atoms with Crippen LogP contribution in [-0.4, -0.2) is 17.5 Å². The van der Waals surface area contributed by atoms with Gasteiger partial charge in [0.25, 0.3) is 5.91 Å². The van der Waals surface area contributed by atoms with Crippen LogP contribution in [0, 0.1) is 0 Å². The summed E-state index contributed by atoms with van der Waals surface area (Å²) < 4.78 is 5.88. The highest BCUT2D eigenvalue weighted by Crippen LogP contribution is 2.29. The molecule has 29 heavy (non-hydrogen) atoms. The van der Waals surface area contributed by atoms with E-state index in [1.165, 1.54) is 0 Å². The zero-order valence-electron chi connectivity index (χ0n) is 15.6. The third kappa shape index (κ3) is 4.55. The number of para-hydroxylation sites is 1. The van der Waals surface area contributed by atoms with Crippen LogP contribution in [0.25, 0.3) is 22.2 Å². The van der Waals surface area contributed by atoms with E-state index in [0.29, 0.717) is 17.3 Å². The molecule has 1 amide bonds. The van der Waals surface area contributed by atoms with Gasteiger partial charge in [-0.2, -0.15) is 0 Å². The van der Waals surface area contributed by atoms with E-state index in [1.54, 1.807) is 6.07 Å². The van der Waals surface area contributed by atoms with E-state index in [1.807, 2.05) is 78.9 Å². The normalized spacial score (nSPS) is 10.7. The van der Waals surface area contributed by atoms with Crippen molar-refractivity contribution >= 4 is 28.4 Å². The van der Waals surface area contributed by atoms with Crippen LogP contribution in [0.3, 0.4) is 0 Å². The minimum Gasteiger partial charge on any atom is -0.483 e. The van der Waals surface area contributed by atoms with Crippen molar-refractivity contribution in [2.75, 3.05) is 6.61 Å². The van der Waals surface area contributed by atoms with Crippen molar-refractivity contribution in [2.45, 2.75) is 6.54 Å². The number of hydrogen-bond acceptors (Lipinski definition) is 3. The average molecular weight is 403 g/mol. The van der Waals surface area contributed by atoms with Crippen molar-refractivity contribution in [3.05, 3.63) is 95.5 Å². The molecular weight excluding hydrogens is 384 g/mol. The Labute approximate surface area is 174 Å². The number of pyridine rings is 1. The molecule has 0 aliphatic carbocycles. The van der Waals surface area contributed by atoms with Gasteiger partial charge in [-0.05, 0) is 23.8 Å². The van der Waals surface area contributed by atoms with Crippen molar-refractivity contribution in [1.29, 1.82) is 0 Å². The maximum Gasteiger partial charge on any atom is 0.258 e. The zero-order valence-corrected chi connectivity index (χ0v) is 16.4. The Morgan fingerprint density at radius 1 is 0.931 bits per heavy atom. The smallest absolute Gasteiger partial charge is 0.258 e. The predicted octanol–water partition coefficient (Wildman–Crippen LogP) is 5.25. The molecule has 0 unspecified atom stereocenters. The lowest BCUT2D eigenvalue weighted by Gasteiger charge is -2.12. The molecule has 0 bridgehead atoms. The van der Waals surface area contributed by atoms with E-state index in [-0.39, 0.29) is 12.5 Å². The van der Waals surface area contributed by atoms with Crippen LogP contribution >= 0.6 is 11.6 Å². The molecule has 1 heterocycles. The van der Waals surface area contributed by atoms with Gasteiger partial charge in [0.05, 0.1) is 11.2 Å². The molecule has 0 aliphatic rings. The van der Waals surface area contributed by atoms with Gasteiger partial charge in [0.1, 0.15) is 5.75 Å². The van der Waals surface area contributed by atoms with Crippen LogP contribution in [-0.2, 0) is 11.3 Å². The third-order valence-electron chi connectivity index (χ3n) is 4.54. The summed E-state index contributed by atoms with van der Waals surface area (Å²) in [5.41, 5.74) is 3.48. The van der Waals surface area contributed by atoms with E-state index in [9.17, 15) is 4.79 Å². The number of amides is 1. The van der Waals surface area contributed by atoms with Crippen LogP contribution in [0.2, 0.25) is 5.02 Å². The highest BCUT2D eigenvalue weighted by Gasteiger charge is 2.11.